The Labute approximate surface area is 145 Å². The second-order valence-electron chi connectivity index (χ2n) is 5.57. The molecule has 2 amide bonds. The Balaban J connectivity index is 2.94. The van der Waals surface area contributed by atoms with Crippen molar-refractivity contribution in [3.05, 3.63) is 41.4 Å². The summed E-state index contributed by atoms with van der Waals surface area (Å²) in [6.45, 7) is 7.02. The summed E-state index contributed by atoms with van der Waals surface area (Å²) >= 11 is 6.02. The summed E-state index contributed by atoms with van der Waals surface area (Å²) in [6, 6.07) is 3.43. The fourth-order valence-electron chi connectivity index (χ4n) is 1.84. The maximum atomic E-state index is 12.3. The largest absolute Gasteiger partial charge is 0.480 e. The third kappa shape index (κ3) is 5.70. The van der Waals surface area contributed by atoms with Crippen molar-refractivity contribution in [3.8, 4) is 0 Å². The van der Waals surface area contributed by atoms with Crippen molar-refractivity contribution in [2.45, 2.75) is 32.7 Å². The molecule has 130 valence electrons. The number of anilines is 1. The van der Waals surface area contributed by atoms with Crippen LogP contribution in [-0.2, 0) is 9.59 Å². The molecule has 0 saturated heterocycles. The number of hydrogen-bond donors (Lipinski definition) is 3. The van der Waals surface area contributed by atoms with Gasteiger partial charge < -0.3 is 15.7 Å². The Bertz CT molecular complexity index is 643. The monoisotopic (exact) mass is 352 g/mol. The molecule has 1 aromatic rings. The van der Waals surface area contributed by atoms with Gasteiger partial charge in [-0.05, 0) is 31.0 Å². The van der Waals surface area contributed by atoms with E-state index in [1.54, 1.807) is 26.0 Å². The molecule has 0 aromatic heterocycles. The van der Waals surface area contributed by atoms with Gasteiger partial charge in [0.1, 0.15) is 6.04 Å². The van der Waals surface area contributed by atoms with E-state index in [0.29, 0.717) is 12.1 Å². The highest BCUT2D eigenvalue weighted by Gasteiger charge is 2.21. The normalized spacial score (nSPS) is 11.7. The molecule has 1 unspecified atom stereocenters. The Kier molecular flexibility index (Phi) is 7.45. The van der Waals surface area contributed by atoms with E-state index in [2.05, 4.69) is 17.2 Å². The predicted molar refractivity (Wildman–Crippen MR) is 93.2 cm³/mol. The van der Waals surface area contributed by atoms with Crippen molar-refractivity contribution in [2.75, 3.05) is 5.32 Å². The molecule has 24 heavy (non-hydrogen) atoms. The number of carboxylic acids is 1. The van der Waals surface area contributed by atoms with Crippen LogP contribution in [0.5, 0.6) is 0 Å². The summed E-state index contributed by atoms with van der Waals surface area (Å²) in [6.07, 6.45) is 2.26. The van der Waals surface area contributed by atoms with Crippen LogP contribution in [0.2, 0.25) is 5.02 Å². The van der Waals surface area contributed by atoms with E-state index in [1.165, 1.54) is 12.1 Å². The highest BCUT2D eigenvalue weighted by atomic mass is 35.5. The molecule has 0 aliphatic carbocycles. The third-order valence-electron chi connectivity index (χ3n) is 3.27. The van der Waals surface area contributed by atoms with Gasteiger partial charge in [-0.15, -0.1) is 6.58 Å². The first-order chi connectivity index (χ1) is 11.3. The van der Waals surface area contributed by atoms with Gasteiger partial charge in [0, 0.05) is 11.6 Å². The number of rotatable bonds is 8. The van der Waals surface area contributed by atoms with Gasteiger partial charge in [-0.1, -0.05) is 31.5 Å². The van der Waals surface area contributed by atoms with Gasteiger partial charge in [-0.2, -0.15) is 0 Å². The lowest BCUT2D eigenvalue weighted by molar-refractivity contribution is -0.139. The number of carboxylic acid groups (broad SMARTS) is 1. The van der Waals surface area contributed by atoms with Crippen molar-refractivity contribution in [1.29, 1.82) is 0 Å². The van der Waals surface area contributed by atoms with E-state index in [4.69, 9.17) is 16.7 Å². The third-order valence-corrected chi connectivity index (χ3v) is 3.60. The Morgan fingerprint density at radius 1 is 1.33 bits per heavy atom. The number of hydrogen-bond acceptors (Lipinski definition) is 3. The Morgan fingerprint density at radius 2 is 2.00 bits per heavy atom. The standard InChI is InChI=1S/C17H21ClN2O4/c1-4-5-6-14(17(23)24)20-16(22)12-9-11(7-8-13(12)18)19-15(21)10(2)3/h4,7-10,14H,1,5-6H2,2-3H3,(H,19,21)(H,20,22)(H,23,24). The van der Waals surface area contributed by atoms with Gasteiger partial charge >= 0.3 is 5.97 Å². The number of aliphatic carboxylic acids is 1. The number of allylic oxidation sites excluding steroid dienone is 1. The lowest BCUT2D eigenvalue weighted by atomic mass is 10.1. The van der Waals surface area contributed by atoms with Crippen LogP contribution in [-0.4, -0.2) is 28.9 Å². The molecule has 0 heterocycles. The van der Waals surface area contributed by atoms with Crippen molar-refractivity contribution in [1.82, 2.24) is 5.32 Å². The average molecular weight is 353 g/mol. The molecular weight excluding hydrogens is 332 g/mol. The van der Waals surface area contributed by atoms with E-state index in [9.17, 15) is 14.4 Å². The SMILES string of the molecule is C=CCCC(NC(=O)c1cc(NC(=O)C(C)C)ccc1Cl)C(=O)O. The summed E-state index contributed by atoms with van der Waals surface area (Å²) in [7, 11) is 0. The molecule has 3 N–H and O–H groups in total. The molecule has 0 aliphatic rings. The van der Waals surface area contributed by atoms with Crippen LogP contribution in [0.4, 0.5) is 5.69 Å². The molecule has 1 atom stereocenters. The number of carbonyl (C=O) groups is 3. The molecule has 0 bridgehead atoms. The summed E-state index contributed by atoms with van der Waals surface area (Å²) in [4.78, 5) is 35.3. The first-order valence-electron chi connectivity index (χ1n) is 7.51. The molecule has 7 heteroatoms. The molecular formula is C17H21ClN2O4. The number of nitrogens with one attached hydrogen (secondary N) is 2. The first-order valence-corrected chi connectivity index (χ1v) is 7.89. The fourth-order valence-corrected chi connectivity index (χ4v) is 2.04. The van der Waals surface area contributed by atoms with Gasteiger partial charge in [-0.3, -0.25) is 9.59 Å². The van der Waals surface area contributed by atoms with Gasteiger partial charge in [0.15, 0.2) is 0 Å². The summed E-state index contributed by atoms with van der Waals surface area (Å²) in [5.74, 6) is -2.16. The van der Waals surface area contributed by atoms with Crippen LogP contribution < -0.4 is 10.6 Å². The maximum Gasteiger partial charge on any atom is 0.326 e. The van der Waals surface area contributed by atoms with E-state index >= 15 is 0 Å². The molecule has 0 spiro atoms. The predicted octanol–water partition coefficient (Wildman–Crippen LogP) is 3.08. The quantitative estimate of drug-likeness (QED) is 0.626. The zero-order chi connectivity index (χ0) is 18.3. The van der Waals surface area contributed by atoms with E-state index in [0.717, 1.165) is 0 Å². The van der Waals surface area contributed by atoms with Crippen LogP contribution in [0.15, 0.2) is 30.9 Å². The van der Waals surface area contributed by atoms with E-state index in [-0.39, 0.29) is 28.8 Å². The van der Waals surface area contributed by atoms with Crippen LogP contribution in [0.3, 0.4) is 0 Å². The molecule has 1 rings (SSSR count). The second kappa shape index (κ2) is 9.08. The van der Waals surface area contributed by atoms with Crippen LogP contribution >= 0.6 is 11.6 Å². The highest BCUT2D eigenvalue weighted by Crippen LogP contribution is 2.21. The number of halogens is 1. The van der Waals surface area contributed by atoms with E-state index in [1.807, 2.05) is 0 Å². The van der Waals surface area contributed by atoms with Crippen molar-refractivity contribution >= 4 is 35.1 Å². The maximum absolute atomic E-state index is 12.3. The summed E-state index contributed by atoms with van der Waals surface area (Å²) < 4.78 is 0. The minimum absolute atomic E-state index is 0.100. The van der Waals surface area contributed by atoms with Gasteiger partial charge in [0.2, 0.25) is 5.91 Å². The van der Waals surface area contributed by atoms with Gasteiger partial charge in [-0.25, -0.2) is 4.79 Å². The zero-order valence-electron chi connectivity index (χ0n) is 13.6. The molecule has 0 radical (unpaired) electrons. The fraction of sp³-hybridized carbons (Fsp3) is 0.353. The lowest BCUT2D eigenvalue weighted by Crippen LogP contribution is -2.40. The Morgan fingerprint density at radius 3 is 2.54 bits per heavy atom. The van der Waals surface area contributed by atoms with Crippen molar-refractivity contribution in [3.63, 3.8) is 0 Å². The molecule has 6 nitrogen and oxygen atoms in total. The van der Waals surface area contributed by atoms with Gasteiger partial charge in [0.05, 0.1) is 10.6 Å². The second-order valence-corrected chi connectivity index (χ2v) is 5.98. The molecule has 0 aliphatic heterocycles. The number of benzene rings is 1. The minimum atomic E-state index is -1.13. The highest BCUT2D eigenvalue weighted by molar-refractivity contribution is 6.34. The first kappa shape index (κ1) is 19.7. The molecule has 0 fully saturated rings. The van der Waals surface area contributed by atoms with Crippen LogP contribution in [0, 0.1) is 5.92 Å². The number of carbonyl (C=O) groups excluding carboxylic acids is 2. The molecule has 0 saturated carbocycles. The topological polar surface area (TPSA) is 95.5 Å². The smallest absolute Gasteiger partial charge is 0.326 e. The van der Waals surface area contributed by atoms with Crippen molar-refractivity contribution in [2.24, 2.45) is 5.92 Å². The minimum Gasteiger partial charge on any atom is -0.480 e. The zero-order valence-corrected chi connectivity index (χ0v) is 14.4. The van der Waals surface area contributed by atoms with Crippen molar-refractivity contribution < 1.29 is 19.5 Å². The molecule has 1 aromatic carbocycles. The average Bonchev–Trinajstić information content (AvgIpc) is 2.52. The Hall–Kier alpha value is -2.34. The van der Waals surface area contributed by atoms with Crippen LogP contribution in [0.25, 0.3) is 0 Å². The summed E-state index contributed by atoms with van der Waals surface area (Å²) in [5.41, 5.74) is 0.518. The number of amides is 2. The summed E-state index contributed by atoms with van der Waals surface area (Å²) in [5, 5.41) is 14.4. The van der Waals surface area contributed by atoms with E-state index < -0.39 is 17.9 Å². The van der Waals surface area contributed by atoms with Gasteiger partial charge in [0.25, 0.3) is 5.91 Å². The van der Waals surface area contributed by atoms with Crippen LogP contribution in [0.1, 0.15) is 37.0 Å². The lowest BCUT2D eigenvalue weighted by Gasteiger charge is -2.15.